The van der Waals surface area contributed by atoms with Crippen molar-refractivity contribution < 1.29 is 9.53 Å². The number of ether oxygens (including phenoxy) is 1. The Kier molecular flexibility index (Phi) is 7.55. The van der Waals surface area contributed by atoms with Crippen LogP contribution in [-0.2, 0) is 6.61 Å². The third-order valence-electron chi connectivity index (χ3n) is 3.35. The van der Waals surface area contributed by atoms with Gasteiger partial charge in [-0.25, -0.2) is 0 Å². The van der Waals surface area contributed by atoms with E-state index in [1.165, 1.54) is 0 Å². The van der Waals surface area contributed by atoms with Crippen LogP contribution in [0.3, 0.4) is 0 Å². The topological polar surface area (TPSA) is 64.3 Å². The number of nitrogens with two attached hydrogens (primary N) is 1. The lowest BCUT2D eigenvalue weighted by molar-refractivity contribution is 0.0915. The van der Waals surface area contributed by atoms with E-state index in [9.17, 15) is 4.79 Å². The fourth-order valence-corrected chi connectivity index (χ4v) is 2.16. The van der Waals surface area contributed by atoms with Crippen molar-refractivity contribution in [1.82, 2.24) is 5.32 Å². The van der Waals surface area contributed by atoms with Crippen LogP contribution in [0.2, 0.25) is 5.02 Å². The van der Waals surface area contributed by atoms with Crippen molar-refractivity contribution in [2.45, 2.75) is 26.0 Å². The van der Waals surface area contributed by atoms with E-state index in [0.29, 0.717) is 29.5 Å². The number of benzene rings is 2. The molecule has 24 heavy (non-hydrogen) atoms. The molecular weight excluding hydrogens is 347 g/mol. The van der Waals surface area contributed by atoms with Crippen LogP contribution < -0.4 is 15.8 Å². The molecule has 0 fully saturated rings. The molecule has 6 heteroatoms. The number of carbonyl (C=O) groups is 1. The summed E-state index contributed by atoms with van der Waals surface area (Å²) in [4.78, 5) is 12.3. The first kappa shape index (κ1) is 20.3. The van der Waals surface area contributed by atoms with Crippen LogP contribution in [-0.4, -0.2) is 18.0 Å². The highest BCUT2D eigenvalue weighted by molar-refractivity contribution is 6.30. The zero-order valence-corrected chi connectivity index (χ0v) is 15.3. The monoisotopic (exact) mass is 368 g/mol. The van der Waals surface area contributed by atoms with Crippen molar-refractivity contribution in [2.24, 2.45) is 5.73 Å². The Bertz CT molecular complexity index is 690. The van der Waals surface area contributed by atoms with Gasteiger partial charge in [0, 0.05) is 22.7 Å². The SMILES string of the molecule is CC(C)(CN)NC(=O)c1cccc(OCc2cccc(Cl)c2)c1.Cl. The minimum absolute atomic E-state index is 0. The van der Waals surface area contributed by atoms with E-state index in [2.05, 4.69) is 5.32 Å². The molecule has 0 aliphatic heterocycles. The summed E-state index contributed by atoms with van der Waals surface area (Å²) in [7, 11) is 0. The summed E-state index contributed by atoms with van der Waals surface area (Å²) in [5.41, 5.74) is 6.69. The molecule has 0 bridgehead atoms. The second-order valence-corrected chi connectivity index (χ2v) is 6.42. The summed E-state index contributed by atoms with van der Waals surface area (Å²) in [6, 6.07) is 14.5. The molecule has 0 aliphatic rings. The summed E-state index contributed by atoms with van der Waals surface area (Å²) in [5.74, 6) is 0.455. The summed E-state index contributed by atoms with van der Waals surface area (Å²) < 4.78 is 5.73. The quantitative estimate of drug-likeness (QED) is 0.814. The van der Waals surface area contributed by atoms with E-state index >= 15 is 0 Å². The van der Waals surface area contributed by atoms with Crippen LogP contribution >= 0.6 is 24.0 Å². The molecule has 2 rings (SSSR count). The Morgan fingerprint density at radius 2 is 1.92 bits per heavy atom. The molecule has 4 nitrogen and oxygen atoms in total. The van der Waals surface area contributed by atoms with Gasteiger partial charge in [0.25, 0.3) is 5.91 Å². The average molecular weight is 369 g/mol. The highest BCUT2D eigenvalue weighted by Crippen LogP contribution is 2.17. The van der Waals surface area contributed by atoms with Crippen molar-refractivity contribution in [2.75, 3.05) is 6.54 Å². The number of amides is 1. The molecule has 0 atom stereocenters. The van der Waals surface area contributed by atoms with Gasteiger partial charge in [0.1, 0.15) is 12.4 Å². The minimum Gasteiger partial charge on any atom is -0.489 e. The van der Waals surface area contributed by atoms with Gasteiger partial charge in [0.2, 0.25) is 0 Å². The maximum atomic E-state index is 12.3. The van der Waals surface area contributed by atoms with Gasteiger partial charge < -0.3 is 15.8 Å². The lowest BCUT2D eigenvalue weighted by Gasteiger charge is -2.24. The lowest BCUT2D eigenvalue weighted by Crippen LogP contribution is -2.48. The van der Waals surface area contributed by atoms with Crippen LogP contribution in [0, 0.1) is 0 Å². The third kappa shape index (κ3) is 6.04. The van der Waals surface area contributed by atoms with Gasteiger partial charge in [-0.3, -0.25) is 4.79 Å². The summed E-state index contributed by atoms with van der Waals surface area (Å²) in [6.45, 7) is 4.51. The molecule has 0 spiro atoms. The second kappa shape index (κ2) is 8.92. The number of hydrogen-bond acceptors (Lipinski definition) is 3. The standard InChI is InChI=1S/C18H21ClN2O2.ClH/c1-18(2,12-20)21-17(22)14-6-4-8-16(10-14)23-11-13-5-3-7-15(19)9-13;/h3-10H,11-12,20H2,1-2H3,(H,21,22);1H. The zero-order chi connectivity index (χ0) is 16.9. The summed E-state index contributed by atoms with van der Waals surface area (Å²) in [6.07, 6.45) is 0. The van der Waals surface area contributed by atoms with Gasteiger partial charge in [0.05, 0.1) is 0 Å². The molecule has 0 aromatic heterocycles. The molecular formula is C18H22Cl2N2O2. The predicted octanol–water partition coefficient (Wildman–Crippen LogP) is 3.81. The normalized spacial score (nSPS) is 10.7. The molecule has 0 radical (unpaired) electrons. The number of carbonyl (C=O) groups excluding carboxylic acids is 1. The molecule has 0 aliphatic carbocycles. The van der Waals surface area contributed by atoms with E-state index in [4.69, 9.17) is 22.1 Å². The number of hydrogen-bond donors (Lipinski definition) is 2. The van der Waals surface area contributed by atoms with E-state index < -0.39 is 5.54 Å². The molecule has 0 saturated carbocycles. The van der Waals surface area contributed by atoms with Crippen molar-refractivity contribution in [3.63, 3.8) is 0 Å². The fourth-order valence-electron chi connectivity index (χ4n) is 1.95. The summed E-state index contributed by atoms with van der Waals surface area (Å²) in [5, 5.41) is 3.56. The van der Waals surface area contributed by atoms with Gasteiger partial charge in [-0.1, -0.05) is 29.8 Å². The first-order valence-corrected chi connectivity index (χ1v) is 7.77. The van der Waals surface area contributed by atoms with Gasteiger partial charge >= 0.3 is 0 Å². The molecule has 130 valence electrons. The van der Waals surface area contributed by atoms with Crippen molar-refractivity contribution in [1.29, 1.82) is 0 Å². The van der Waals surface area contributed by atoms with E-state index in [0.717, 1.165) is 5.56 Å². The Morgan fingerprint density at radius 3 is 2.58 bits per heavy atom. The minimum atomic E-state index is -0.450. The van der Waals surface area contributed by atoms with Crippen molar-refractivity contribution in [3.8, 4) is 5.75 Å². The van der Waals surface area contributed by atoms with Crippen molar-refractivity contribution >= 4 is 29.9 Å². The van der Waals surface area contributed by atoms with Crippen LogP contribution in [0.15, 0.2) is 48.5 Å². The zero-order valence-electron chi connectivity index (χ0n) is 13.7. The Labute approximate surface area is 153 Å². The number of halogens is 2. The highest BCUT2D eigenvalue weighted by atomic mass is 35.5. The Hall–Kier alpha value is -1.75. The van der Waals surface area contributed by atoms with Gasteiger partial charge in [0.15, 0.2) is 0 Å². The third-order valence-corrected chi connectivity index (χ3v) is 3.59. The molecule has 0 saturated heterocycles. The molecule has 2 aromatic carbocycles. The fraction of sp³-hybridized carbons (Fsp3) is 0.278. The highest BCUT2D eigenvalue weighted by Gasteiger charge is 2.19. The second-order valence-electron chi connectivity index (χ2n) is 5.99. The number of rotatable bonds is 6. The first-order valence-electron chi connectivity index (χ1n) is 7.39. The smallest absolute Gasteiger partial charge is 0.251 e. The number of nitrogens with one attached hydrogen (secondary N) is 1. The summed E-state index contributed by atoms with van der Waals surface area (Å²) >= 11 is 5.95. The van der Waals surface area contributed by atoms with Crippen LogP contribution in [0.4, 0.5) is 0 Å². The Morgan fingerprint density at radius 1 is 1.21 bits per heavy atom. The average Bonchev–Trinajstić information content (AvgIpc) is 2.53. The van der Waals surface area contributed by atoms with Gasteiger partial charge in [-0.15, -0.1) is 12.4 Å². The maximum absolute atomic E-state index is 12.3. The predicted molar refractivity (Wildman–Crippen MR) is 100 cm³/mol. The van der Waals surface area contributed by atoms with Gasteiger partial charge in [-0.05, 0) is 49.7 Å². The molecule has 0 heterocycles. The molecule has 1 amide bonds. The maximum Gasteiger partial charge on any atom is 0.251 e. The van der Waals surface area contributed by atoms with E-state index in [-0.39, 0.29) is 18.3 Å². The van der Waals surface area contributed by atoms with Crippen molar-refractivity contribution in [3.05, 3.63) is 64.7 Å². The van der Waals surface area contributed by atoms with E-state index in [1.54, 1.807) is 18.2 Å². The Balaban J connectivity index is 0.00000288. The molecule has 3 N–H and O–H groups in total. The van der Waals surface area contributed by atoms with Crippen LogP contribution in [0.25, 0.3) is 0 Å². The van der Waals surface area contributed by atoms with Crippen LogP contribution in [0.1, 0.15) is 29.8 Å². The van der Waals surface area contributed by atoms with Crippen LogP contribution in [0.5, 0.6) is 5.75 Å². The van der Waals surface area contributed by atoms with E-state index in [1.807, 2.05) is 44.2 Å². The largest absolute Gasteiger partial charge is 0.489 e. The van der Waals surface area contributed by atoms with Gasteiger partial charge in [-0.2, -0.15) is 0 Å². The molecule has 2 aromatic rings. The molecule has 0 unspecified atom stereocenters. The lowest BCUT2D eigenvalue weighted by atomic mass is 10.1. The first-order chi connectivity index (χ1) is 10.9.